The van der Waals surface area contributed by atoms with Gasteiger partial charge < -0.3 is 35.1 Å². The number of halogens is 6. The van der Waals surface area contributed by atoms with Gasteiger partial charge in [-0.2, -0.15) is 26.3 Å². The van der Waals surface area contributed by atoms with Crippen LogP contribution in [0.4, 0.5) is 31.1 Å². The summed E-state index contributed by atoms with van der Waals surface area (Å²) in [5, 5.41) is 15.6. The number of nitrogens with two attached hydrogens (primary N) is 1. The molecule has 7 rings (SSSR count). The predicted molar refractivity (Wildman–Crippen MR) is 234 cm³/mol. The second-order valence-electron chi connectivity index (χ2n) is 14.5. The van der Waals surface area contributed by atoms with Crippen molar-refractivity contribution in [1.29, 1.82) is 0 Å². The second-order valence-corrected chi connectivity index (χ2v) is 16.9. The number of carbonyl (C=O) groups excluding carboxylic acids is 1. The van der Waals surface area contributed by atoms with E-state index in [9.17, 15) is 31.1 Å². The summed E-state index contributed by atoms with van der Waals surface area (Å²) in [7, 11) is -4.12. The molecule has 1 aliphatic rings. The van der Waals surface area contributed by atoms with Gasteiger partial charge in [-0.3, -0.25) is 0 Å². The molecule has 1 aliphatic heterocycles. The fourth-order valence-electron chi connectivity index (χ4n) is 6.26. The van der Waals surface area contributed by atoms with Crippen molar-refractivity contribution in [2.24, 2.45) is 12.8 Å². The Morgan fingerprint density at radius 2 is 1.55 bits per heavy atom. The third-order valence-corrected chi connectivity index (χ3v) is 11.4. The van der Waals surface area contributed by atoms with Gasteiger partial charge in [0.1, 0.15) is 35.9 Å². The van der Waals surface area contributed by atoms with Crippen molar-refractivity contribution < 1.29 is 68.2 Å². The third kappa shape index (κ3) is 15.2. The second kappa shape index (κ2) is 23.3. The molecule has 0 unspecified atom stereocenters. The lowest BCUT2D eigenvalue weighted by Gasteiger charge is -2.16. The number of amides is 2. The van der Waals surface area contributed by atoms with E-state index in [2.05, 4.69) is 60.0 Å². The molecule has 67 heavy (non-hydrogen) atoms. The number of aliphatic carboxylic acids is 1. The average Bonchev–Trinajstić information content (AvgIpc) is 4.01. The third-order valence-electron chi connectivity index (χ3n) is 9.64. The molecule has 15 nitrogen and oxygen atoms in total. The Morgan fingerprint density at radius 1 is 0.925 bits per heavy atom. The number of carboxylic acid groups (broad SMARTS) is 1. The molecule has 0 bridgehead atoms. The van der Waals surface area contributed by atoms with Gasteiger partial charge in [-0.25, -0.2) is 23.0 Å². The molecule has 3 heterocycles. The van der Waals surface area contributed by atoms with Crippen molar-refractivity contribution in [2.45, 2.75) is 43.8 Å². The van der Waals surface area contributed by atoms with Gasteiger partial charge in [-0.15, -0.1) is 20.7 Å². The molecule has 6 aromatic rings. The maximum atomic E-state index is 12.2. The Balaban J connectivity index is 0.000000483. The number of nitrogens with one attached hydrogen (secondary N) is 1. The van der Waals surface area contributed by atoms with Crippen LogP contribution in [0.15, 0.2) is 109 Å². The molecule has 0 saturated carbocycles. The highest BCUT2D eigenvalue weighted by Crippen LogP contribution is 2.40. The number of unbranched alkanes of at least 4 members (excludes halogenated alkanes) is 1. The number of aryl methyl sites for hydroxylation is 4. The summed E-state index contributed by atoms with van der Waals surface area (Å²) in [4.78, 5) is 29.3. The van der Waals surface area contributed by atoms with Gasteiger partial charge in [0, 0.05) is 25.6 Å². The number of alkyl halides is 6. The standard InChI is InChI=1S/C41H43N7O3S.C2HF3O2.CHF3O3S/c1-46-33(12-8-9-23-42)29-48(45-46)32-18-21-36(38(28-32)50-27-26-47-25-24-43-41(47)49)40-44-37(39(52-40)31-10-4-2-5-11-31)22-17-30-15-19-35(20-16-30)51-34-13-6-3-7-14-34;3-2(4,5)1(6)7;2-1(3,4)8(5,6)7/h2-7,10-11,13-16,18-21,28-29H,8-9,12,17,22-27,42H2,1H3;(H,6,7);(H,5,6,7). The zero-order chi connectivity index (χ0) is 48.8. The smallest absolute Gasteiger partial charge is 0.490 e. The van der Waals surface area contributed by atoms with Crippen molar-refractivity contribution >= 4 is 33.5 Å². The largest absolute Gasteiger partial charge is 0.741 e. The molecule has 1 fully saturated rings. The minimum absolute atomic E-state index is 0.0563. The highest BCUT2D eigenvalue weighted by molar-refractivity contribution is 7.86. The number of thiazole rings is 1. The zero-order valence-electron chi connectivity index (χ0n) is 35.7. The number of nitrogens with zero attached hydrogens (tertiary/aromatic N) is 5. The average molecular weight is 978 g/mol. The fraction of sp³-hybridized carbons (Fsp3) is 0.295. The van der Waals surface area contributed by atoms with Crippen LogP contribution < -0.4 is 25.2 Å². The molecule has 4 N–H and O–H groups in total. The van der Waals surface area contributed by atoms with Crippen LogP contribution in [0.1, 0.15) is 29.8 Å². The SMILES string of the molecule is Cn1n[n+](-c2ccc(-c3nc(CCc4ccc(Oc5ccccc5)cc4)c(-c4ccccc4)s3)c(OCCN3CCNC3=O)c2)cc1CCCCN.O=C(O)C(F)(F)F.O=S(=O)([O-])C(F)(F)F. The van der Waals surface area contributed by atoms with Gasteiger partial charge in [0.2, 0.25) is 0 Å². The number of ether oxygens (including phenoxy) is 2. The first-order chi connectivity index (χ1) is 31.7. The van der Waals surface area contributed by atoms with E-state index < -0.39 is 27.8 Å². The molecule has 4 aromatic carbocycles. The van der Waals surface area contributed by atoms with Crippen LogP contribution >= 0.6 is 11.3 Å². The number of carbonyl (C=O) groups is 2. The molecule has 0 radical (unpaired) electrons. The number of hydrogen-bond acceptors (Lipinski definition) is 11. The van der Waals surface area contributed by atoms with E-state index in [-0.39, 0.29) is 6.03 Å². The van der Waals surface area contributed by atoms with Crippen molar-refractivity contribution in [1.82, 2.24) is 25.1 Å². The first kappa shape index (κ1) is 51.4. The molecule has 1 saturated heterocycles. The van der Waals surface area contributed by atoms with Gasteiger partial charge >= 0.3 is 23.7 Å². The summed E-state index contributed by atoms with van der Waals surface area (Å²) in [5.41, 5.74) is 6.41. The summed E-state index contributed by atoms with van der Waals surface area (Å²) >= 11 is 1.67. The van der Waals surface area contributed by atoms with Gasteiger partial charge in [0.15, 0.2) is 27.7 Å². The molecule has 0 atom stereocenters. The quantitative estimate of drug-likeness (QED) is 0.0286. The Morgan fingerprint density at radius 3 is 2.13 bits per heavy atom. The van der Waals surface area contributed by atoms with E-state index in [1.165, 1.54) is 5.56 Å². The minimum Gasteiger partial charge on any atom is -0.741 e. The Labute approximate surface area is 385 Å². The molecular weight excluding hydrogens is 933 g/mol. The van der Waals surface area contributed by atoms with Gasteiger partial charge in [0.25, 0.3) is 0 Å². The molecule has 2 amide bonds. The van der Waals surface area contributed by atoms with Crippen molar-refractivity contribution in [3.8, 4) is 43.9 Å². The molecule has 0 aliphatic carbocycles. The van der Waals surface area contributed by atoms with Crippen LogP contribution in [-0.4, -0.2) is 94.3 Å². The van der Waals surface area contributed by atoms with Crippen LogP contribution in [0.5, 0.6) is 17.2 Å². The molecule has 358 valence electrons. The monoisotopic (exact) mass is 977 g/mol. The van der Waals surface area contributed by atoms with Crippen LogP contribution in [-0.2, 0) is 41.2 Å². The van der Waals surface area contributed by atoms with E-state index in [4.69, 9.17) is 48.3 Å². The Bertz CT molecular complexity index is 2670. The van der Waals surface area contributed by atoms with E-state index >= 15 is 0 Å². The number of hydrogen-bond donors (Lipinski definition) is 3. The molecule has 23 heteroatoms. The van der Waals surface area contributed by atoms with Crippen molar-refractivity contribution in [2.75, 3.05) is 32.8 Å². The lowest BCUT2D eigenvalue weighted by atomic mass is 10.1. The lowest BCUT2D eigenvalue weighted by molar-refractivity contribution is -0.661. The number of rotatable bonds is 16. The maximum absolute atomic E-state index is 12.2. The van der Waals surface area contributed by atoms with Crippen LogP contribution in [0.3, 0.4) is 0 Å². The van der Waals surface area contributed by atoms with E-state index in [1.54, 1.807) is 16.2 Å². The summed E-state index contributed by atoms with van der Waals surface area (Å²) in [6.45, 7) is 2.85. The summed E-state index contributed by atoms with van der Waals surface area (Å²) in [5.74, 6) is -0.428. The van der Waals surface area contributed by atoms with Crippen molar-refractivity contribution in [3.63, 3.8) is 0 Å². The first-order valence-electron chi connectivity index (χ1n) is 20.4. The van der Waals surface area contributed by atoms with E-state index in [0.29, 0.717) is 38.5 Å². The molecule has 2 aromatic heterocycles. The normalized spacial score (nSPS) is 12.7. The fourth-order valence-corrected chi connectivity index (χ4v) is 7.41. The van der Waals surface area contributed by atoms with Gasteiger partial charge in [-0.05, 0) is 79.8 Å². The Kier molecular flexibility index (Phi) is 17.8. The number of aromatic nitrogens is 4. The van der Waals surface area contributed by atoms with E-state index in [0.717, 1.165) is 81.7 Å². The highest BCUT2D eigenvalue weighted by atomic mass is 32.2. The first-order valence-corrected chi connectivity index (χ1v) is 22.6. The number of para-hydroxylation sites is 1. The summed E-state index contributed by atoms with van der Waals surface area (Å²) in [6.07, 6.45) is 1.48. The zero-order valence-corrected chi connectivity index (χ0v) is 37.3. The summed E-state index contributed by atoms with van der Waals surface area (Å²) in [6, 6.07) is 34.7. The maximum Gasteiger partial charge on any atom is 0.490 e. The minimum atomic E-state index is -6.09. The summed E-state index contributed by atoms with van der Waals surface area (Å²) < 4.78 is 107. The topological polar surface area (TPSA) is 206 Å². The van der Waals surface area contributed by atoms with Gasteiger partial charge in [-0.1, -0.05) is 60.7 Å². The van der Waals surface area contributed by atoms with Crippen molar-refractivity contribution in [3.05, 3.63) is 126 Å². The number of benzene rings is 4. The predicted octanol–water partition coefficient (Wildman–Crippen LogP) is 7.43. The van der Waals surface area contributed by atoms with Crippen LogP contribution in [0, 0.1) is 0 Å². The Hall–Kier alpha value is -6.56. The lowest BCUT2D eigenvalue weighted by Crippen LogP contribution is -2.33. The van der Waals surface area contributed by atoms with Crippen LogP contribution in [0.25, 0.3) is 26.7 Å². The van der Waals surface area contributed by atoms with E-state index in [1.807, 2.05) is 71.0 Å². The molecule has 0 spiro atoms. The van der Waals surface area contributed by atoms with Crippen LogP contribution in [0.2, 0.25) is 0 Å². The number of carboxylic acids is 1. The highest BCUT2D eigenvalue weighted by Gasteiger charge is 2.38. The number of urea groups is 1. The van der Waals surface area contributed by atoms with Gasteiger partial charge in [0.05, 0.1) is 27.9 Å². The molecular formula is C44H45F6N7O8S2.